The summed E-state index contributed by atoms with van der Waals surface area (Å²) in [5.74, 6) is -0.862. The zero-order valence-electron chi connectivity index (χ0n) is 10.1. The fraction of sp³-hybridized carbons (Fsp3) is 0.364. The van der Waals surface area contributed by atoms with E-state index in [0.717, 1.165) is 10.4 Å². The maximum atomic E-state index is 13.1. The summed E-state index contributed by atoms with van der Waals surface area (Å²) in [6.07, 6.45) is 0.585. The van der Waals surface area contributed by atoms with Gasteiger partial charge in [-0.25, -0.2) is 12.8 Å². The van der Waals surface area contributed by atoms with Crippen LogP contribution in [0.5, 0.6) is 0 Å². The number of hydrogen-bond acceptors (Lipinski definition) is 3. The third-order valence-corrected chi connectivity index (χ3v) is 4.09. The molecule has 1 aromatic carbocycles. The highest BCUT2D eigenvalue weighted by Crippen LogP contribution is 2.16. The first-order valence-electron chi connectivity index (χ1n) is 5.46. The number of halogens is 1. The molecule has 18 heavy (non-hydrogen) atoms. The number of rotatable bonds is 6. The molecule has 0 fully saturated rings. The molecule has 7 heteroatoms. The second-order valence-corrected chi connectivity index (χ2v) is 5.76. The third-order valence-electron chi connectivity index (χ3n) is 2.25. The quantitative estimate of drug-likeness (QED) is 0.602. The number of nitrogens with one attached hydrogen (secondary N) is 1. The van der Waals surface area contributed by atoms with E-state index >= 15 is 0 Å². The molecule has 0 bridgehead atoms. The fourth-order valence-electron chi connectivity index (χ4n) is 1.50. The molecular formula is C11H16FN3O2S. The average molecular weight is 273 g/mol. The Morgan fingerprint density at radius 1 is 1.50 bits per heavy atom. The molecule has 0 aliphatic rings. The molecule has 0 heterocycles. The van der Waals surface area contributed by atoms with Crippen molar-refractivity contribution in [3.8, 4) is 0 Å². The van der Waals surface area contributed by atoms with Gasteiger partial charge in [0.25, 0.3) is 0 Å². The van der Waals surface area contributed by atoms with Gasteiger partial charge in [-0.15, -0.1) is 0 Å². The monoisotopic (exact) mass is 273 g/mol. The van der Waals surface area contributed by atoms with E-state index in [1.54, 1.807) is 0 Å². The van der Waals surface area contributed by atoms with E-state index in [1.807, 2.05) is 6.92 Å². The second kappa shape index (κ2) is 5.92. The Hall–Kier alpha value is -1.47. The Balaban J connectivity index is 3.12. The maximum absolute atomic E-state index is 13.1. The van der Waals surface area contributed by atoms with Crippen molar-refractivity contribution in [2.45, 2.75) is 18.2 Å². The minimum Gasteiger partial charge on any atom is -0.387 e. The molecule has 0 saturated carbocycles. The van der Waals surface area contributed by atoms with Crippen LogP contribution in [0.1, 0.15) is 13.3 Å². The number of amidine groups is 1. The Bertz CT molecular complexity index is 531. The summed E-state index contributed by atoms with van der Waals surface area (Å²) < 4.78 is 38.6. The Labute approximate surface area is 106 Å². The number of nitrogens with zero attached hydrogens (tertiary/aromatic N) is 1. The first kappa shape index (κ1) is 14.6. The van der Waals surface area contributed by atoms with Crippen LogP contribution < -0.4 is 5.73 Å². The van der Waals surface area contributed by atoms with E-state index in [1.165, 1.54) is 18.2 Å². The molecule has 1 rings (SSSR count). The standard InChI is InChI=1S/C11H16FN3O2S/c1-2-6-15(8-11(13)14)18(16,17)10-5-3-4-9(12)7-10/h3-5,7H,2,6,8H2,1H3,(H3,13,14). The van der Waals surface area contributed by atoms with Crippen molar-refractivity contribution < 1.29 is 12.8 Å². The van der Waals surface area contributed by atoms with Crippen LogP contribution in [0.3, 0.4) is 0 Å². The van der Waals surface area contributed by atoms with Crippen molar-refractivity contribution in [2.24, 2.45) is 5.73 Å². The molecule has 0 radical (unpaired) electrons. The van der Waals surface area contributed by atoms with Gasteiger partial charge >= 0.3 is 0 Å². The second-order valence-electron chi connectivity index (χ2n) is 3.82. The highest BCUT2D eigenvalue weighted by atomic mass is 32.2. The minimum atomic E-state index is -3.81. The van der Waals surface area contributed by atoms with Crippen LogP contribution in [0.4, 0.5) is 4.39 Å². The van der Waals surface area contributed by atoms with Crippen LogP contribution in [0.25, 0.3) is 0 Å². The molecule has 0 aromatic heterocycles. The van der Waals surface area contributed by atoms with Crippen LogP contribution in [0, 0.1) is 11.2 Å². The molecule has 0 aliphatic heterocycles. The summed E-state index contributed by atoms with van der Waals surface area (Å²) in [5.41, 5.74) is 5.23. The average Bonchev–Trinajstić information content (AvgIpc) is 2.28. The summed E-state index contributed by atoms with van der Waals surface area (Å²) in [4.78, 5) is -0.128. The summed E-state index contributed by atoms with van der Waals surface area (Å²) in [5, 5.41) is 7.19. The number of sulfonamides is 1. The molecule has 0 spiro atoms. The van der Waals surface area contributed by atoms with Gasteiger partial charge in [-0.3, -0.25) is 5.41 Å². The largest absolute Gasteiger partial charge is 0.387 e. The first-order valence-corrected chi connectivity index (χ1v) is 6.90. The summed E-state index contributed by atoms with van der Waals surface area (Å²) in [7, 11) is -3.81. The SMILES string of the molecule is CCCN(CC(=N)N)S(=O)(=O)c1cccc(F)c1. The Morgan fingerprint density at radius 2 is 2.17 bits per heavy atom. The summed E-state index contributed by atoms with van der Waals surface area (Å²) in [6.45, 7) is 1.86. The molecule has 5 nitrogen and oxygen atoms in total. The van der Waals surface area contributed by atoms with E-state index in [4.69, 9.17) is 11.1 Å². The highest BCUT2D eigenvalue weighted by Gasteiger charge is 2.24. The summed E-state index contributed by atoms with van der Waals surface area (Å²) >= 11 is 0. The van der Waals surface area contributed by atoms with Crippen molar-refractivity contribution in [1.82, 2.24) is 4.31 Å². The highest BCUT2D eigenvalue weighted by molar-refractivity contribution is 7.89. The van der Waals surface area contributed by atoms with Crippen molar-refractivity contribution in [3.63, 3.8) is 0 Å². The molecule has 0 atom stereocenters. The molecule has 0 aliphatic carbocycles. The van der Waals surface area contributed by atoms with E-state index in [2.05, 4.69) is 0 Å². The molecule has 0 unspecified atom stereocenters. The lowest BCUT2D eigenvalue weighted by molar-refractivity contribution is 0.447. The van der Waals surface area contributed by atoms with Crippen LogP contribution in [-0.4, -0.2) is 31.6 Å². The normalized spacial score (nSPS) is 11.7. The third kappa shape index (κ3) is 3.51. The zero-order chi connectivity index (χ0) is 13.8. The summed E-state index contributed by atoms with van der Waals surface area (Å²) in [6, 6.07) is 4.79. The minimum absolute atomic E-state index is 0.128. The molecule has 0 amide bonds. The van der Waals surface area contributed by atoms with Gasteiger partial charge in [-0.05, 0) is 24.6 Å². The van der Waals surface area contributed by atoms with Gasteiger partial charge in [0.1, 0.15) is 11.7 Å². The molecule has 0 saturated heterocycles. The van der Waals surface area contributed by atoms with Crippen molar-refractivity contribution in [3.05, 3.63) is 30.1 Å². The number of benzene rings is 1. The fourth-order valence-corrected chi connectivity index (χ4v) is 3.04. The van der Waals surface area contributed by atoms with Crippen LogP contribution in [0.15, 0.2) is 29.2 Å². The van der Waals surface area contributed by atoms with E-state index in [9.17, 15) is 12.8 Å². The molecular weight excluding hydrogens is 257 g/mol. The van der Waals surface area contributed by atoms with Gasteiger partial charge in [0.15, 0.2) is 0 Å². The van der Waals surface area contributed by atoms with Gasteiger partial charge in [-0.2, -0.15) is 4.31 Å². The van der Waals surface area contributed by atoms with Gasteiger partial charge < -0.3 is 5.73 Å². The van der Waals surface area contributed by atoms with Gasteiger partial charge in [0.2, 0.25) is 10.0 Å². The maximum Gasteiger partial charge on any atom is 0.243 e. The van der Waals surface area contributed by atoms with E-state index in [-0.39, 0.29) is 23.8 Å². The predicted octanol–water partition coefficient (Wildman–Crippen LogP) is 1.16. The van der Waals surface area contributed by atoms with E-state index in [0.29, 0.717) is 6.42 Å². The van der Waals surface area contributed by atoms with Crippen LogP contribution >= 0.6 is 0 Å². The van der Waals surface area contributed by atoms with Gasteiger partial charge in [0, 0.05) is 6.54 Å². The lowest BCUT2D eigenvalue weighted by atomic mass is 10.4. The predicted molar refractivity (Wildman–Crippen MR) is 67.4 cm³/mol. The van der Waals surface area contributed by atoms with Crippen molar-refractivity contribution in [1.29, 1.82) is 5.41 Å². The van der Waals surface area contributed by atoms with Crippen LogP contribution in [0.2, 0.25) is 0 Å². The molecule has 3 N–H and O–H groups in total. The van der Waals surface area contributed by atoms with E-state index < -0.39 is 15.8 Å². The zero-order valence-corrected chi connectivity index (χ0v) is 10.9. The lowest BCUT2D eigenvalue weighted by Crippen LogP contribution is -2.38. The first-order chi connectivity index (χ1) is 8.37. The van der Waals surface area contributed by atoms with Crippen molar-refractivity contribution in [2.75, 3.05) is 13.1 Å². The van der Waals surface area contributed by atoms with Gasteiger partial charge in [0.05, 0.1) is 11.4 Å². The number of nitrogens with two attached hydrogens (primary N) is 1. The number of hydrogen-bond donors (Lipinski definition) is 2. The molecule has 1 aromatic rings. The molecule has 100 valence electrons. The van der Waals surface area contributed by atoms with Crippen molar-refractivity contribution >= 4 is 15.9 Å². The van der Waals surface area contributed by atoms with Gasteiger partial charge in [-0.1, -0.05) is 13.0 Å². The lowest BCUT2D eigenvalue weighted by Gasteiger charge is -2.20. The Morgan fingerprint density at radius 3 is 2.67 bits per heavy atom. The smallest absolute Gasteiger partial charge is 0.243 e. The topological polar surface area (TPSA) is 87.2 Å². The Kier molecular flexibility index (Phi) is 4.80. The van der Waals surface area contributed by atoms with Crippen LogP contribution in [-0.2, 0) is 10.0 Å².